The van der Waals surface area contributed by atoms with Gasteiger partial charge in [0, 0.05) is 20.3 Å². The van der Waals surface area contributed by atoms with Gasteiger partial charge >= 0.3 is 5.69 Å². The van der Waals surface area contributed by atoms with Gasteiger partial charge in [-0.3, -0.25) is 13.9 Å². The van der Waals surface area contributed by atoms with Crippen LogP contribution in [0.25, 0.3) is 11.0 Å². The van der Waals surface area contributed by atoms with Crippen LogP contribution in [0.1, 0.15) is 10.6 Å². The third-order valence-electron chi connectivity index (χ3n) is 3.42. The van der Waals surface area contributed by atoms with E-state index in [-0.39, 0.29) is 0 Å². The van der Waals surface area contributed by atoms with Gasteiger partial charge in [0.05, 0.1) is 5.69 Å². The van der Waals surface area contributed by atoms with Crippen molar-refractivity contribution in [3.63, 3.8) is 0 Å². The fourth-order valence-electron chi connectivity index (χ4n) is 2.24. The number of aromatic nitrogens is 5. The molecule has 0 saturated carbocycles. The molecule has 0 amide bonds. The minimum absolute atomic E-state index is 0.336. The Hall–Kier alpha value is -2.55. The number of fused-ring (bicyclic) bond motifs is 1. The Morgan fingerprint density at radius 3 is 2.50 bits per heavy atom. The van der Waals surface area contributed by atoms with Crippen molar-refractivity contribution in [2.45, 2.75) is 13.8 Å². The molecule has 0 radical (unpaired) electrons. The molecule has 3 rings (SSSR count). The Labute approximate surface area is 129 Å². The van der Waals surface area contributed by atoms with Gasteiger partial charge in [-0.2, -0.15) is 0 Å². The SMILES string of the molecule is Cc1nnc(Nc2c(C)cnc3c2c(=O)n(C)c(=O)n3C)s1. The lowest BCUT2D eigenvalue weighted by Crippen LogP contribution is -2.37. The van der Waals surface area contributed by atoms with Gasteiger partial charge in [0.1, 0.15) is 10.4 Å². The summed E-state index contributed by atoms with van der Waals surface area (Å²) in [6, 6.07) is 0. The molecule has 0 bridgehead atoms. The Morgan fingerprint density at radius 2 is 1.86 bits per heavy atom. The van der Waals surface area contributed by atoms with Crippen LogP contribution in [-0.4, -0.2) is 24.3 Å². The first kappa shape index (κ1) is 14.4. The first-order valence-corrected chi connectivity index (χ1v) is 7.34. The zero-order valence-electron chi connectivity index (χ0n) is 12.5. The highest BCUT2D eigenvalue weighted by Crippen LogP contribution is 2.27. The van der Waals surface area contributed by atoms with E-state index in [1.807, 2.05) is 13.8 Å². The number of nitrogens with one attached hydrogen (secondary N) is 1. The molecule has 3 aromatic rings. The second kappa shape index (κ2) is 5.02. The topological polar surface area (TPSA) is 94.7 Å². The molecule has 0 aliphatic heterocycles. The molecular formula is C13H14N6O2S. The number of nitrogens with zero attached hydrogens (tertiary/aromatic N) is 5. The lowest BCUT2D eigenvalue weighted by molar-refractivity contribution is 0.707. The van der Waals surface area contributed by atoms with E-state index in [4.69, 9.17) is 0 Å². The Kier molecular flexibility index (Phi) is 3.28. The summed E-state index contributed by atoms with van der Waals surface area (Å²) in [6.07, 6.45) is 1.62. The van der Waals surface area contributed by atoms with Crippen LogP contribution in [-0.2, 0) is 14.1 Å². The molecule has 0 atom stereocenters. The first-order valence-electron chi connectivity index (χ1n) is 6.52. The number of aryl methyl sites for hydroxylation is 3. The second-order valence-corrected chi connectivity index (χ2v) is 6.15. The molecule has 22 heavy (non-hydrogen) atoms. The molecule has 114 valence electrons. The Morgan fingerprint density at radius 1 is 1.14 bits per heavy atom. The first-order chi connectivity index (χ1) is 10.4. The van der Waals surface area contributed by atoms with Crippen LogP contribution in [0.3, 0.4) is 0 Å². The van der Waals surface area contributed by atoms with Crippen LogP contribution in [0.4, 0.5) is 10.8 Å². The minimum atomic E-state index is -0.411. The highest BCUT2D eigenvalue weighted by atomic mass is 32.1. The molecule has 0 unspecified atom stereocenters. The third-order valence-corrected chi connectivity index (χ3v) is 4.17. The summed E-state index contributed by atoms with van der Waals surface area (Å²) in [5.74, 6) is 0. The molecular weight excluding hydrogens is 304 g/mol. The lowest BCUT2D eigenvalue weighted by Gasteiger charge is -2.12. The van der Waals surface area contributed by atoms with E-state index in [1.54, 1.807) is 13.2 Å². The van der Waals surface area contributed by atoms with Gasteiger partial charge in [0.25, 0.3) is 5.56 Å². The fraction of sp³-hybridized carbons (Fsp3) is 0.308. The van der Waals surface area contributed by atoms with Crippen molar-refractivity contribution in [1.29, 1.82) is 0 Å². The van der Waals surface area contributed by atoms with Crippen molar-refractivity contribution in [3.05, 3.63) is 37.6 Å². The maximum atomic E-state index is 12.5. The Bertz CT molecular complexity index is 1000. The molecule has 3 aromatic heterocycles. The van der Waals surface area contributed by atoms with E-state index in [1.165, 1.54) is 23.0 Å². The maximum absolute atomic E-state index is 12.5. The van der Waals surface area contributed by atoms with Crippen molar-refractivity contribution in [2.24, 2.45) is 14.1 Å². The van der Waals surface area contributed by atoms with E-state index in [2.05, 4.69) is 20.5 Å². The van der Waals surface area contributed by atoms with Crippen LogP contribution < -0.4 is 16.6 Å². The minimum Gasteiger partial charge on any atom is -0.329 e. The summed E-state index contributed by atoms with van der Waals surface area (Å²) in [6.45, 7) is 3.69. The Balaban J connectivity index is 2.36. The number of hydrogen-bond donors (Lipinski definition) is 1. The quantitative estimate of drug-likeness (QED) is 0.752. The van der Waals surface area contributed by atoms with Crippen LogP contribution in [0.2, 0.25) is 0 Å². The van der Waals surface area contributed by atoms with Crippen LogP contribution in [0.5, 0.6) is 0 Å². The van der Waals surface area contributed by atoms with Crippen molar-refractivity contribution in [1.82, 2.24) is 24.3 Å². The number of pyridine rings is 1. The van der Waals surface area contributed by atoms with Gasteiger partial charge in [-0.15, -0.1) is 10.2 Å². The molecule has 0 spiro atoms. The molecule has 3 heterocycles. The summed E-state index contributed by atoms with van der Waals surface area (Å²) in [7, 11) is 3.04. The predicted molar refractivity (Wildman–Crippen MR) is 84.9 cm³/mol. The number of anilines is 2. The summed E-state index contributed by atoms with van der Waals surface area (Å²) < 4.78 is 2.42. The molecule has 8 nitrogen and oxygen atoms in total. The van der Waals surface area contributed by atoms with E-state index in [0.29, 0.717) is 21.9 Å². The van der Waals surface area contributed by atoms with Gasteiger partial charge in [0.15, 0.2) is 5.65 Å². The average Bonchev–Trinajstić information content (AvgIpc) is 2.90. The standard InChI is InChI=1S/C13H14N6O2S/c1-6-5-14-10-8(11(20)19(4)13(21)18(10)3)9(6)15-12-17-16-7(2)22-12/h5H,1-4H3,(H,14,15,17). The van der Waals surface area contributed by atoms with Crippen LogP contribution in [0.15, 0.2) is 15.8 Å². The fourth-order valence-corrected chi connectivity index (χ4v) is 2.83. The van der Waals surface area contributed by atoms with Gasteiger partial charge in [-0.05, 0) is 19.4 Å². The summed E-state index contributed by atoms with van der Waals surface area (Å²) in [5, 5.41) is 12.8. The zero-order valence-corrected chi connectivity index (χ0v) is 13.4. The lowest BCUT2D eigenvalue weighted by atomic mass is 10.2. The molecule has 9 heteroatoms. The van der Waals surface area contributed by atoms with Gasteiger partial charge in [0.2, 0.25) is 5.13 Å². The summed E-state index contributed by atoms with van der Waals surface area (Å²) in [5.41, 5.74) is 0.917. The normalized spacial score (nSPS) is 11.1. The van der Waals surface area contributed by atoms with Crippen molar-refractivity contribution < 1.29 is 0 Å². The van der Waals surface area contributed by atoms with Crippen LogP contribution in [0, 0.1) is 13.8 Å². The summed E-state index contributed by atoms with van der Waals surface area (Å²) in [4.78, 5) is 28.7. The highest BCUT2D eigenvalue weighted by molar-refractivity contribution is 7.15. The third kappa shape index (κ3) is 2.10. The van der Waals surface area contributed by atoms with Gasteiger partial charge in [-0.1, -0.05) is 11.3 Å². The number of rotatable bonds is 2. The maximum Gasteiger partial charge on any atom is 0.332 e. The van der Waals surface area contributed by atoms with E-state index in [9.17, 15) is 9.59 Å². The largest absolute Gasteiger partial charge is 0.332 e. The monoisotopic (exact) mass is 318 g/mol. The van der Waals surface area contributed by atoms with Crippen LogP contribution >= 0.6 is 11.3 Å². The summed E-state index contributed by atoms with van der Waals surface area (Å²) >= 11 is 1.39. The van der Waals surface area contributed by atoms with Gasteiger partial charge < -0.3 is 5.32 Å². The van der Waals surface area contributed by atoms with Crippen molar-refractivity contribution in [2.75, 3.05) is 5.32 Å². The van der Waals surface area contributed by atoms with Gasteiger partial charge in [-0.25, -0.2) is 9.78 Å². The molecule has 0 saturated heterocycles. The molecule has 0 fully saturated rings. The van der Waals surface area contributed by atoms with E-state index < -0.39 is 11.2 Å². The van der Waals surface area contributed by atoms with E-state index in [0.717, 1.165) is 15.1 Å². The van der Waals surface area contributed by atoms with Crippen molar-refractivity contribution in [3.8, 4) is 0 Å². The molecule has 1 N–H and O–H groups in total. The molecule has 0 aliphatic rings. The smallest absolute Gasteiger partial charge is 0.329 e. The second-order valence-electron chi connectivity index (χ2n) is 4.97. The highest BCUT2D eigenvalue weighted by Gasteiger charge is 2.16. The number of hydrogen-bond acceptors (Lipinski definition) is 7. The molecule has 0 aromatic carbocycles. The molecule has 0 aliphatic carbocycles. The van der Waals surface area contributed by atoms with E-state index >= 15 is 0 Å². The average molecular weight is 318 g/mol. The van der Waals surface area contributed by atoms with Crippen molar-refractivity contribution >= 4 is 33.2 Å². The predicted octanol–water partition coefficient (Wildman–Crippen LogP) is 0.844. The zero-order chi connectivity index (χ0) is 16.0.